The number of nitrogens with zero attached hydrogens (tertiary/aromatic N) is 1. The molecule has 1 aliphatic carbocycles. The number of alkyl halides is 6. The van der Waals surface area contributed by atoms with Crippen LogP contribution in [0.1, 0.15) is 58.5 Å². The van der Waals surface area contributed by atoms with Crippen LogP contribution >= 0.6 is 0 Å². The first-order chi connectivity index (χ1) is 16.6. The molecule has 0 saturated carbocycles. The summed E-state index contributed by atoms with van der Waals surface area (Å²) in [5.74, 6) is -0.143. The molecule has 184 valence electrons. The Kier molecular flexibility index (Phi) is 5.99. The number of aromatic amines is 1. The highest BCUT2D eigenvalue weighted by atomic mass is 19.4. The quantitative estimate of drug-likeness (QED) is 0.387. The van der Waals surface area contributed by atoms with Gasteiger partial charge in [0.2, 0.25) is 0 Å². The van der Waals surface area contributed by atoms with Crippen LogP contribution in [0, 0.1) is 5.92 Å². The summed E-state index contributed by atoms with van der Waals surface area (Å²) in [5.41, 5.74) is 2.98. The second kappa shape index (κ2) is 8.86. The van der Waals surface area contributed by atoms with Crippen molar-refractivity contribution in [2.75, 3.05) is 6.61 Å². The van der Waals surface area contributed by atoms with Crippen LogP contribution in [0.25, 0.3) is 11.6 Å². The summed E-state index contributed by atoms with van der Waals surface area (Å²) in [7, 11) is 0. The highest BCUT2D eigenvalue weighted by molar-refractivity contribution is 5.91. The number of hydrogen-bond donors (Lipinski definition) is 1. The van der Waals surface area contributed by atoms with Crippen LogP contribution in [0.15, 0.2) is 54.6 Å². The fraction of sp³-hybridized carbons (Fsp3) is 0.346. The van der Waals surface area contributed by atoms with Crippen LogP contribution in [-0.2, 0) is 17.3 Å². The topological polar surface area (TPSA) is 37.9 Å². The van der Waals surface area contributed by atoms with Gasteiger partial charge in [0.05, 0.1) is 17.7 Å². The van der Waals surface area contributed by atoms with Gasteiger partial charge in [-0.15, -0.1) is 0 Å². The average Bonchev–Trinajstić information content (AvgIpc) is 3.42. The third-order valence-electron chi connectivity index (χ3n) is 6.67. The Morgan fingerprint density at radius 3 is 2.54 bits per heavy atom. The largest absolute Gasteiger partial charge is 0.416 e. The number of nitrogens with one attached hydrogen (secondary N) is 1. The highest BCUT2D eigenvalue weighted by Crippen LogP contribution is 2.51. The maximum atomic E-state index is 13.4. The molecule has 1 fully saturated rings. The summed E-state index contributed by atoms with van der Waals surface area (Å²) < 4.78 is 84.3. The first kappa shape index (κ1) is 23.7. The summed E-state index contributed by atoms with van der Waals surface area (Å²) in [6, 6.07) is 14.4. The van der Waals surface area contributed by atoms with E-state index in [1.165, 1.54) is 18.2 Å². The lowest BCUT2D eigenvalue weighted by atomic mass is 9.75. The van der Waals surface area contributed by atoms with E-state index in [0.29, 0.717) is 30.7 Å². The van der Waals surface area contributed by atoms with Gasteiger partial charge in [-0.3, -0.25) is 5.10 Å². The maximum Gasteiger partial charge on any atom is 0.416 e. The molecule has 1 saturated heterocycles. The predicted octanol–water partition coefficient (Wildman–Crippen LogP) is 7.34. The van der Waals surface area contributed by atoms with Gasteiger partial charge in [0.15, 0.2) is 0 Å². The SMILES string of the molecule is FC(F)(F)Cc1cc(C2CC(C3C(c4cccc(C(F)(F)F)c4)=Cc4ccccc43)CCO2)n[nH]1. The van der Waals surface area contributed by atoms with E-state index in [1.807, 2.05) is 30.3 Å². The Morgan fingerprint density at radius 2 is 1.77 bits per heavy atom. The van der Waals surface area contributed by atoms with Gasteiger partial charge in [-0.05, 0) is 59.2 Å². The minimum absolute atomic E-state index is 0.0148. The lowest BCUT2D eigenvalue weighted by molar-refractivity contribution is -0.137. The van der Waals surface area contributed by atoms with Crippen LogP contribution in [0.4, 0.5) is 26.3 Å². The number of rotatable bonds is 4. The summed E-state index contributed by atoms with van der Waals surface area (Å²) in [6.07, 6.45) is -7.29. The minimum atomic E-state index is -4.45. The number of allylic oxidation sites excluding steroid dienone is 1. The van der Waals surface area contributed by atoms with E-state index in [9.17, 15) is 26.3 Å². The van der Waals surface area contributed by atoms with Gasteiger partial charge in [0, 0.05) is 18.2 Å². The molecule has 0 amide bonds. The monoisotopic (exact) mass is 492 g/mol. The molecule has 2 aliphatic rings. The zero-order valence-electron chi connectivity index (χ0n) is 18.5. The number of halogens is 6. The van der Waals surface area contributed by atoms with E-state index in [1.54, 1.807) is 6.07 Å². The average molecular weight is 492 g/mol. The van der Waals surface area contributed by atoms with Crippen molar-refractivity contribution in [1.29, 1.82) is 0 Å². The van der Waals surface area contributed by atoms with Crippen molar-refractivity contribution < 1.29 is 31.1 Å². The molecule has 3 unspecified atom stereocenters. The molecular weight excluding hydrogens is 470 g/mol. The zero-order valence-corrected chi connectivity index (χ0v) is 18.5. The summed E-state index contributed by atoms with van der Waals surface area (Å²) in [5, 5.41) is 6.50. The van der Waals surface area contributed by atoms with Gasteiger partial charge in [0.25, 0.3) is 0 Å². The van der Waals surface area contributed by atoms with E-state index in [0.717, 1.165) is 22.8 Å². The van der Waals surface area contributed by atoms with Gasteiger partial charge in [-0.1, -0.05) is 42.5 Å². The van der Waals surface area contributed by atoms with Crippen molar-refractivity contribution in [1.82, 2.24) is 10.2 Å². The van der Waals surface area contributed by atoms with Gasteiger partial charge < -0.3 is 4.74 Å². The van der Waals surface area contributed by atoms with Crippen molar-refractivity contribution >= 4 is 11.6 Å². The summed E-state index contributed by atoms with van der Waals surface area (Å²) >= 11 is 0. The van der Waals surface area contributed by atoms with E-state index in [2.05, 4.69) is 10.2 Å². The fourth-order valence-corrected chi connectivity index (χ4v) is 5.18. The Balaban J connectivity index is 1.45. The lowest BCUT2D eigenvalue weighted by Crippen LogP contribution is -2.25. The molecular formula is C26H22F6N2O. The number of aromatic nitrogens is 2. The number of fused-ring (bicyclic) bond motifs is 1. The van der Waals surface area contributed by atoms with Crippen molar-refractivity contribution in [2.24, 2.45) is 5.92 Å². The van der Waals surface area contributed by atoms with Crippen LogP contribution in [0.5, 0.6) is 0 Å². The molecule has 3 aromatic rings. The first-order valence-corrected chi connectivity index (χ1v) is 11.3. The lowest BCUT2D eigenvalue weighted by Gasteiger charge is -2.34. The number of ether oxygens (including phenoxy) is 1. The third kappa shape index (κ3) is 5.00. The molecule has 35 heavy (non-hydrogen) atoms. The van der Waals surface area contributed by atoms with Crippen molar-refractivity contribution in [3.8, 4) is 0 Å². The Morgan fingerprint density at radius 1 is 0.971 bits per heavy atom. The molecule has 0 bridgehead atoms. The maximum absolute atomic E-state index is 13.4. The molecule has 5 rings (SSSR count). The van der Waals surface area contributed by atoms with E-state index in [4.69, 9.17) is 4.74 Å². The Hall–Kier alpha value is -3.07. The number of benzene rings is 2. The standard InChI is InChI=1S/C26H22F6N2O/c27-25(28,29)14-19-13-22(34-33-19)23-12-17(8-9-35-23)24-20-7-2-1-4-16(20)11-21(24)15-5-3-6-18(10-15)26(30,31)32/h1-7,10-11,13,17,23-24H,8-9,12,14H2,(H,33,34). The van der Waals surface area contributed by atoms with E-state index < -0.39 is 30.4 Å². The van der Waals surface area contributed by atoms with Crippen LogP contribution in [0.2, 0.25) is 0 Å². The molecule has 1 aliphatic heterocycles. The summed E-state index contributed by atoms with van der Waals surface area (Å²) in [6.45, 7) is 0.380. The van der Waals surface area contributed by atoms with E-state index >= 15 is 0 Å². The van der Waals surface area contributed by atoms with E-state index in [-0.39, 0.29) is 17.5 Å². The molecule has 3 atom stereocenters. The molecule has 1 aromatic heterocycles. The number of hydrogen-bond acceptors (Lipinski definition) is 2. The fourth-order valence-electron chi connectivity index (χ4n) is 5.18. The molecule has 0 spiro atoms. The Labute approximate surface area is 197 Å². The zero-order chi connectivity index (χ0) is 24.8. The van der Waals surface area contributed by atoms with Crippen LogP contribution < -0.4 is 0 Å². The van der Waals surface area contributed by atoms with Crippen molar-refractivity contribution in [2.45, 2.75) is 43.6 Å². The molecule has 2 heterocycles. The van der Waals surface area contributed by atoms with Crippen molar-refractivity contribution in [3.63, 3.8) is 0 Å². The van der Waals surface area contributed by atoms with Crippen molar-refractivity contribution in [3.05, 3.63) is 88.2 Å². The normalized spacial score (nSPS) is 22.7. The second-order valence-electron chi connectivity index (χ2n) is 9.04. The van der Waals surface area contributed by atoms with Gasteiger partial charge in [-0.25, -0.2) is 0 Å². The first-order valence-electron chi connectivity index (χ1n) is 11.3. The smallest absolute Gasteiger partial charge is 0.372 e. The molecule has 1 N–H and O–H groups in total. The van der Waals surface area contributed by atoms with Gasteiger partial charge >= 0.3 is 12.4 Å². The molecule has 0 radical (unpaired) electrons. The third-order valence-corrected chi connectivity index (χ3v) is 6.67. The highest BCUT2D eigenvalue weighted by Gasteiger charge is 2.38. The van der Waals surface area contributed by atoms with Crippen LogP contribution in [0.3, 0.4) is 0 Å². The summed E-state index contributed by atoms with van der Waals surface area (Å²) in [4.78, 5) is 0. The molecule has 3 nitrogen and oxygen atoms in total. The van der Waals surface area contributed by atoms with Gasteiger partial charge in [-0.2, -0.15) is 31.4 Å². The molecule has 2 aromatic carbocycles. The van der Waals surface area contributed by atoms with Crippen LogP contribution in [-0.4, -0.2) is 23.0 Å². The second-order valence-corrected chi connectivity index (χ2v) is 9.04. The van der Waals surface area contributed by atoms with Gasteiger partial charge in [0.1, 0.15) is 6.10 Å². The Bertz CT molecular complexity index is 1240. The molecule has 9 heteroatoms. The minimum Gasteiger partial charge on any atom is -0.372 e. The predicted molar refractivity (Wildman–Crippen MR) is 118 cm³/mol. The number of H-pyrrole nitrogens is 1.